The lowest BCUT2D eigenvalue weighted by atomic mass is 10.0. The van der Waals surface area contributed by atoms with Gasteiger partial charge in [-0.15, -0.1) is 0 Å². The van der Waals surface area contributed by atoms with Crippen LogP contribution in [0.25, 0.3) is 0 Å². The summed E-state index contributed by atoms with van der Waals surface area (Å²) in [5.74, 6) is 2.13. The van der Waals surface area contributed by atoms with Gasteiger partial charge in [-0.05, 0) is 49.1 Å². The molecule has 0 aliphatic carbocycles. The van der Waals surface area contributed by atoms with E-state index in [2.05, 4.69) is 0 Å². The van der Waals surface area contributed by atoms with E-state index in [9.17, 15) is 4.79 Å². The average molecular weight is 355 g/mol. The lowest BCUT2D eigenvalue weighted by Gasteiger charge is -2.26. The van der Waals surface area contributed by atoms with Gasteiger partial charge in [0.15, 0.2) is 18.1 Å². The van der Waals surface area contributed by atoms with Crippen LogP contribution in [0.15, 0.2) is 42.5 Å². The van der Waals surface area contributed by atoms with Gasteiger partial charge in [-0.2, -0.15) is 0 Å². The van der Waals surface area contributed by atoms with E-state index < -0.39 is 0 Å². The van der Waals surface area contributed by atoms with Crippen molar-refractivity contribution in [2.45, 2.75) is 25.8 Å². The first-order chi connectivity index (χ1) is 12.6. The van der Waals surface area contributed by atoms with E-state index in [1.807, 2.05) is 54.3 Å². The standard InChI is InChI=1S/C21H25NO4/c1-15-7-4-5-9-18(15)26-14-21(23)22-12-6-8-17(22)16-10-11-19(24-2)20(13-16)25-3/h4-5,7,9-11,13,17H,6,8,12,14H2,1-3H3. The Hall–Kier alpha value is -2.69. The molecule has 1 saturated heterocycles. The quantitative estimate of drug-likeness (QED) is 0.792. The predicted molar refractivity (Wildman–Crippen MR) is 99.9 cm³/mol. The second kappa shape index (κ2) is 8.13. The minimum Gasteiger partial charge on any atom is -0.493 e. The van der Waals surface area contributed by atoms with E-state index in [4.69, 9.17) is 14.2 Å². The Morgan fingerprint density at radius 3 is 2.58 bits per heavy atom. The molecule has 1 atom stereocenters. The SMILES string of the molecule is COc1ccc(C2CCCN2C(=O)COc2ccccc2C)cc1OC. The van der Waals surface area contributed by atoms with E-state index in [1.54, 1.807) is 14.2 Å². The third kappa shape index (κ3) is 3.77. The number of amides is 1. The van der Waals surface area contributed by atoms with Crippen LogP contribution in [0.5, 0.6) is 17.2 Å². The Bertz CT molecular complexity index is 774. The number of hydrogen-bond donors (Lipinski definition) is 0. The zero-order chi connectivity index (χ0) is 18.5. The van der Waals surface area contributed by atoms with E-state index in [0.717, 1.165) is 36.3 Å². The number of ether oxygens (including phenoxy) is 3. The number of likely N-dealkylation sites (tertiary alicyclic amines) is 1. The molecule has 0 spiro atoms. The van der Waals surface area contributed by atoms with E-state index in [-0.39, 0.29) is 18.6 Å². The van der Waals surface area contributed by atoms with Crippen LogP contribution in [0.4, 0.5) is 0 Å². The molecule has 2 aromatic carbocycles. The number of para-hydroxylation sites is 1. The van der Waals surface area contributed by atoms with Gasteiger partial charge in [-0.1, -0.05) is 24.3 Å². The van der Waals surface area contributed by atoms with Gasteiger partial charge < -0.3 is 19.1 Å². The van der Waals surface area contributed by atoms with Crippen LogP contribution >= 0.6 is 0 Å². The van der Waals surface area contributed by atoms with Crippen LogP contribution < -0.4 is 14.2 Å². The highest BCUT2D eigenvalue weighted by Crippen LogP contribution is 2.37. The molecule has 1 fully saturated rings. The fourth-order valence-electron chi connectivity index (χ4n) is 3.41. The average Bonchev–Trinajstić information content (AvgIpc) is 3.16. The Labute approximate surface area is 154 Å². The Balaban J connectivity index is 1.71. The molecule has 2 aromatic rings. The maximum atomic E-state index is 12.7. The number of carbonyl (C=O) groups excluding carboxylic acids is 1. The van der Waals surface area contributed by atoms with Gasteiger partial charge in [0.05, 0.1) is 20.3 Å². The topological polar surface area (TPSA) is 48.0 Å². The number of methoxy groups -OCH3 is 2. The number of nitrogens with zero attached hydrogens (tertiary/aromatic N) is 1. The highest BCUT2D eigenvalue weighted by Gasteiger charge is 2.30. The molecule has 5 heteroatoms. The molecule has 138 valence electrons. The number of hydrogen-bond acceptors (Lipinski definition) is 4. The van der Waals surface area contributed by atoms with Gasteiger partial charge in [-0.3, -0.25) is 4.79 Å². The molecule has 0 aromatic heterocycles. The molecule has 26 heavy (non-hydrogen) atoms. The van der Waals surface area contributed by atoms with Gasteiger partial charge in [0.25, 0.3) is 5.91 Å². The Kier molecular flexibility index (Phi) is 5.66. The molecule has 1 heterocycles. The van der Waals surface area contributed by atoms with Crippen molar-refractivity contribution in [3.05, 3.63) is 53.6 Å². The van der Waals surface area contributed by atoms with Crippen molar-refractivity contribution in [1.29, 1.82) is 0 Å². The van der Waals surface area contributed by atoms with Crippen molar-refractivity contribution in [2.75, 3.05) is 27.4 Å². The molecule has 0 bridgehead atoms. The largest absolute Gasteiger partial charge is 0.493 e. The van der Waals surface area contributed by atoms with Crippen molar-refractivity contribution in [3.63, 3.8) is 0 Å². The Morgan fingerprint density at radius 1 is 1.08 bits per heavy atom. The molecule has 0 N–H and O–H groups in total. The van der Waals surface area contributed by atoms with E-state index >= 15 is 0 Å². The van der Waals surface area contributed by atoms with Gasteiger partial charge in [0.1, 0.15) is 5.75 Å². The number of benzene rings is 2. The maximum Gasteiger partial charge on any atom is 0.261 e. The van der Waals surface area contributed by atoms with Crippen molar-refractivity contribution < 1.29 is 19.0 Å². The summed E-state index contributed by atoms with van der Waals surface area (Å²) in [6.07, 6.45) is 1.92. The molecule has 1 aliphatic rings. The summed E-state index contributed by atoms with van der Waals surface area (Å²) in [4.78, 5) is 14.6. The molecule has 1 aliphatic heterocycles. The van der Waals surface area contributed by atoms with E-state index in [1.165, 1.54) is 0 Å². The zero-order valence-corrected chi connectivity index (χ0v) is 15.5. The molecule has 1 amide bonds. The molecule has 0 saturated carbocycles. The first-order valence-corrected chi connectivity index (χ1v) is 8.84. The normalized spacial score (nSPS) is 16.4. The summed E-state index contributed by atoms with van der Waals surface area (Å²) in [6.45, 7) is 2.77. The predicted octanol–water partition coefficient (Wildman–Crippen LogP) is 3.75. The number of rotatable bonds is 6. The lowest BCUT2D eigenvalue weighted by molar-refractivity contribution is -0.134. The third-order valence-corrected chi connectivity index (χ3v) is 4.81. The van der Waals surface area contributed by atoms with Gasteiger partial charge in [-0.25, -0.2) is 0 Å². The maximum absolute atomic E-state index is 12.7. The molecule has 0 radical (unpaired) electrons. The van der Waals surface area contributed by atoms with Crippen LogP contribution in [0, 0.1) is 6.92 Å². The summed E-state index contributed by atoms with van der Waals surface area (Å²) < 4.78 is 16.4. The van der Waals surface area contributed by atoms with Crippen LogP contribution in [0.1, 0.15) is 30.0 Å². The summed E-state index contributed by atoms with van der Waals surface area (Å²) in [6, 6.07) is 13.6. The fourth-order valence-corrected chi connectivity index (χ4v) is 3.41. The van der Waals surface area contributed by atoms with Crippen LogP contribution in [-0.4, -0.2) is 38.2 Å². The highest BCUT2D eigenvalue weighted by molar-refractivity contribution is 5.78. The van der Waals surface area contributed by atoms with Crippen molar-refractivity contribution in [3.8, 4) is 17.2 Å². The van der Waals surface area contributed by atoms with Gasteiger partial charge >= 0.3 is 0 Å². The summed E-state index contributed by atoms with van der Waals surface area (Å²) in [5.41, 5.74) is 2.09. The number of aryl methyl sites for hydroxylation is 1. The second-order valence-corrected chi connectivity index (χ2v) is 6.41. The van der Waals surface area contributed by atoms with Crippen LogP contribution in [0.3, 0.4) is 0 Å². The summed E-state index contributed by atoms with van der Waals surface area (Å²) in [7, 11) is 3.24. The second-order valence-electron chi connectivity index (χ2n) is 6.41. The van der Waals surface area contributed by atoms with Crippen molar-refractivity contribution in [1.82, 2.24) is 4.90 Å². The molecular weight excluding hydrogens is 330 g/mol. The minimum absolute atomic E-state index is 0.00513. The summed E-state index contributed by atoms with van der Waals surface area (Å²) in [5, 5.41) is 0. The monoisotopic (exact) mass is 355 g/mol. The smallest absolute Gasteiger partial charge is 0.261 e. The number of carbonyl (C=O) groups is 1. The van der Waals surface area contributed by atoms with Gasteiger partial charge in [0, 0.05) is 6.54 Å². The minimum atomic E-state index is 0.00513. The molecule has 3 rings (SSSR count). The highest BCUT2D eigenvalue weighted by atomic mass is 16.5. The summed E-state index contributed by atoms with van der Waals surface area (Å²) >= 11 is 0. The van der Waals surface area contributed by atoms with Crippen molar-refractivity contribution >= 4 is 5.91 Å². The van der Waals surface area contributed by atoms with Crippen LogP contribution in [0.2, 0.25) is 0 Å². The van der Waals surface area contributed by atoms with Crippen LogP contribution in [-0.2, 0) is 4.79 Å². The third-order valence-electron chi connectivity index (χ3n) is 4.81. The first-order valence-electron chi connectivity index (χ1n) is 8.84. The van der Waals surface area contributed by atoms with Gasteiger partial charge in [0.2, 0.25) is 0 Å². The molecular formula is C21H25NO4. The fraction of sp³-hybridized carbons (Fsp3) is 0.381. The first kappa shape index (κ1) is 18.1. The molecule has 1 unspecified atom stereocenters. The lowest BCUT2D eigenvalue weighted by Crippen LogP contribution is -2.34. The zero-order valence-electron chi connectivity index (χ0n) is 15.5. The molecule has 5 nitrogen and oxygen atoms in total. The van der Waals surface area contributed by atoms with Crippen molar-refractivity contribution in [2.24, 2.45) is 0 Å². The Morgan fingerprint density at radius 2 is 1.85 bits per heavy atom. The van der Waals surface area contributed by atoms with E-state index in [0.29, 0.717) is 11.5 Å².